The number of aliphatic hydroxyl groups is 1. The third-order valence-electron chi connectivity index (χ3n) is 2.43. The van der Waals surface area contributed by atoms with Crippen LogP contribution in [0.15, 0.2) is 18.2 Å². The monoisotopic (exact) mass is 220 g/mol. The minimum atomic E-state index is -1.12. The van der Waals surface area contributed by atoms with Crippen LogP contribution in [0.4, 0.5) is 0 Å². The normalized spacial score (nSPS) is 13.7. The molecule has 1 unspecified atom stereocenters. The van der Waals surface area contributed by atoms with Crippen molar-refractivity contribution < 1.29 is 14.6 Å². The van der Waals surface area contributed by atoms with Gasteiger partial charge in [0.2, 0.25) is 0 Å². The second-order valence-electron chi connectivity index (χ2n) is 3.72. The van der Waals surface area contributed by atoms with E-state index in [1.165, 1.54) is 0 Å². The van der Waals surface area contributed by atoms with E-state index in [0.717, 1.165) is 0 Å². The zero-order valence-electron chi connectivity index (χ0n) is 9.78. The highest BCUT2D eigenvalue weighted by atomic mass is 16.5. The van der Waals surface area contributed by atoms with Crippen LogP contribution in [0.2, 0.25) is 0 Å². The van der Waals surface area contributed by atoms with E-state index in [1.54, 1.807) is 39.3 Å². The van der Waals surface area contributed by atoms with E-state index in [0.29, 0.717) is 17.1 Å². The average Bonchev–Trinajstić information content (AvgIpc) is 2.28. The van der Waals surface area contributed by atoms with Gasteiger partial charge in [0.15, 0.2) is 0 Å². The Hall–Kier alpha value is -1.66. The fourth-order valence-corrected chi connectivity index (χ4v) is 1.53. The molecule has 0 saturated heterocycles. The summed E-state index contributed by atoms with van der Waals surface area (Å²) in [6.45, 7) is 1.66. The van der Waals surface area contributed by atoms with Gasteiger partial charge in [-0.1, -0.05) is 0 Å². The van der Waals surface area contributed by atoms with Crippen molar-refractivity contribution in [2.45, 2.75) is 18.9 Å². The molecule has 0 aromatic heterocycles. The third kappa shape index (κ3) is 2.47. The molecule has 16 heavy (non-hydrogen) atoms. The Balaban J connectivity index is 3.23. The molecule has 1 N–H and O–H groups in total. The SMILES string of the molecule is C#CCC(C)(O)c1cc(OC)ccc1OC. The molecule has 3 heteroatoms. The highest BCUT2D eigenvalue weighted by molar-refractivity contribution is 5.44. The molecular formula is C13H16O3. The summed E-state index contributed by atoms with van der Waals surface area (Å²) in [4.78, 5) is 0. The zero-order valence-corrected chi connectivity index (χ0v) is 9.78. The number of terminal acetylenes is 1. The molecule has 3 nitrogen and oxygen atoms in total. The summed E-state index contributed by atoms with van der Waals surface area (Å²) in [5, 5.41) is 10.2. The van der Waals surface area contributed by atoms with Crippen LogP contribution in [-0.2, 0) is 5.60 Å². The highest BCUT2D eigenvalue weighted by Gasteiger charge is 2.26. The summed E-state index contributed by atoms with van der Waals surface area (Å²) >= 11 is 0. The Labute approximate surface area is 96.0 Å². The maximum absolute atomic E-state index is 10.2. The second kappa shape index (κ2) is 4.91. The maximum atomic E-state index is 10.2. The largest absolute Gasteiger partial charge is 0.497 e. The van der Waals surface area contributed by atoms with Gasteiger partial charge in [-0.15, -0.1) is 12.3 Å². The van der Waals surface area contributed by atoms with E-state index in [-0.39, 0.29) is 6.42 Å². The van der Waals surface area contributed by atoms with Crippen LogP contribution in [0.3, 0.4) is 0 Å². The number of ether oxygens (including phenoxy) is 2. The molecule has 1 rings (SSSR count). The van der Waals surface area contributed by atoms with Crippen molar-refractivity contribution in [3.8, 4) is 23.8 Å². The summed E-state index contributed by atoms with van der Waals surface area (Å²) in [5.74, 6) is 3.71. The first-order valence-corrected chi connectivity index (χ1v) is 4.93. The highest BCUT2D eigenvalue weighted by Crippen LogP contribution is 2.34. The minimum Gasteiger partial charge on any atom is -0.497 e. The molecule has 0 bridgehead atoms. The molecule has 0 aliphatic heterocycles. The molecule has 0 radical (unpaired) electrons. The smallest absolute Gasteiger partial charge is 0.125 e. The Morgan fingerprint density at radius 2 is 2.06 bits per heavy atom. The van der Waals surface area contributed by atoms with Crippen LogP contribution < -0.4 is 9.47 Å². The summed E-state index contributed by atoms with van der Waals surface area (Å²) in [7, 11) is 3.12. The summed E-state index contributed by atoms with van der Waals surface area (Å²) in [5.41, 5.74) is -0.485. The van der Waals surface area contributed by atoms with Gasteiger partial charge in [0, 0.05) is 12.0 Å². The molecule has 0 saturated carbocycles. The van der Waals surface area contributed by atoms with Gasteiger partial charge in [0.05, 0.1) is 14.2 Å². The molecule has 0 fully saturated rings. The molecule has 0 spiro atoms. The van der Waals surface area contributed by atoms with Crippen LogP contribution in [0, 0.1) is 12.3 Å². The lowest BCUT2D eigenvalue weighted by Crippen LogP contribution is -2.21. The molecule has 0 amide bonds. The Morgan fingerprint density at radius 1 is 1.38 bits per heavy atom. The van der Waals surface area contributed by atoms with Crippen LogP contribution in [0.5, 0.6) is 11.5 Å². The Kier molecular flexibility index (Phi) is 3.81. The van der Waals surface area contributed by atoms with Crippen molar-refractivity contribution in [2.24, 2.45) is 0 Å². The summed E-state index contributed by atoms with van der Waals surface area (Å²) in [6, 6.07) is 5.25. The van der Waals surface area contributed by atoms with Crippen molar-refractivity contribution >= 4 is 0 Å². The lowest BCUT2D eigenvalue weighted by molar-refractivity contribution is 0.0599. The van der Waals surface area contributed by atoms with Crippen molar-refractivity contribution in [1.82, 2.24) is 0 Å². The molecule has 1 aromatic rings. The predicted octanol–water partition coefficient (Wildman–Crippen LogP) is 1.93. The van der Waals surface area contributed by atoms with E-state index < -0.39 is 5.60 Å². The average molecular weight is 220 g/mol. The second-order valence-corrected chi connectivity index (χ2v) is 3.72. The van der Waals surface area contributed by atoms with Crippen molar-refractivity contribution in [3.05, 3.63) is 23.8 Å². The van der Waals surface area contributed by atoms with Crippen molar-refractivity contribution in [2.75, 3.05) is 14.2 Å². The van der Waals surface area contributed by atoms with E-state index in [4.69, 9.17) is 15.9 Å². The summed E-state index contributed by atoms with van der Waals surface area (Å²) in [6.07, 6.45) is 5.45. The standard InChI is InChI=1S/C13H16O3/c1-5-8-13(2,14)11-9-10(15-3)6-7-12(11)16-4/h1,6-7,9,14H,8H2,2-4H3. The van der Waals surface area contributed by atoms with E-state index in [1.807, 2.05) is 0 Å². The Bertz CT molecular complexity index is 402. The van der Waals surface area contributed by atoms with Gasteiger partial charge >= 0.3 is 0 Å². The molecule has 1 atom stereocenters. The summed E-state index contributed by atoms with van der Waals surface area (Å²) < 4.78 is 10.3. The van der Waals surface area contributed by atoms with Gasteiger partial charge in [-0.25, -0.2) is 0 Å². The first-order valence-electron chi connectivity index (χ1n) is 4.93. The molecule has 86 valence electrons. The first-order chi connectivity index (χ1) is 7.55. The maximum Gasteiger partial charge on any atom is 0.125 e. The molecule has 0 aliphatic rings. The van der Waals surface area contributed by atoms with Gasteiger partial charge in [0.25, 0.3) is 0 Å². The number of hydrogen-bond donors (Lipinski definition) is 1. The van der Waals surface area contributed by atoms with E-state index in [9.17, 15) is 5.11 Å². The van der Waals surface area contributed by atoms with E-state index >= 15 is 0 Å². The van der Waals surface area contributed by atoms with Gasteiger partial charge in [-0.3, -0.25) is 0 Å². The van der Waals surface area contributed by atoms with Gasteiger partial charge < -0.3 is 14.6 Å². The third-order valence-corrected chi connectivity index (χ3v) is 2.43. The van der Waals surface area contributed by atoms with E-state index in [2.05, 4.69) is 5.92 Å². The molecule has 0 aliphatic carbocycles. The molecular weight excluding hydrogens is 204 g/mol. The minimum absolute atomic E-state index is 0.219. The van der Waals surface area contributed by atoms with Crippen LogP contribution in [0.1, 0.15) is 18.9 Å². The molecule has 1 aromatic carbocycles. The van der Waals surface area contributed by atoms with Gasteiger partial charge in [-0.05, 0) is 25.1 Å². The topological polar surface area (TPSA) is 38.7 Å². The lowest BCUT2D eigenvalue weighted by Gasteiger charge is -2.24. The lowest BCUT2D eigenvalue weighted by atomic mass is 9.92. The number of hydrogen-bond acceptors (Lipinski definition) is 3. The first kappa shape index (κ1) is 12.4. The van der Waals surface area contributed by atoms with Gasteiger partial charge in [-0.2, -0.15) is 0 Å². The Morgan fingerprint density at radius 3 is 2.56 bits per heavy atom. The van der Waals surface area contributed by atoms with Crippen LogP contribution in [-0.4, -0.2) is 19.3 Å². The fourth-order valence-electron chi connectivity index (χ4n) is 1.53. The number of rotatable bonds is 4. The number of methoxy groups -OCH3 is 2. The van der Waals surface area contributed by atoms with Gasteiger partial charge in [0.1, 0.15) is 17.1 Å². The number of benzene rings is 1. The van der Waals surface area contributed by atoms with Crippen molar-refractivity contribution in [3.63, 3.8) is 0 Å². The van der Waals surface area contributed by atoms with Crippen LogP contribution >= 0.6 is 0 Å². The van der Waals surface area contributed by atoms with Crippen molar-refractivity contribution in [1.29, 1.82) is 0 Å². The quantitative estimate of drug-likeness (QED) is 0.788. The fraction of sp³-hybridized carbons (Fsp3) is 0.385. The zero-order chi connectivity index (χ0) is 12.2. The van der Waals surface area contributed by atoms with Crippen LogP contribution in [0.25, 0.3) is 0 Å². The predicted molar refractivity (Wildman–Crippen MR) is 62.6 cm³/mol. The molecule has 0 heterocycles.